The van der Waals surface area contributed by atoms with Gasteiger partial charge in [0.2, 0.25) is 0 Å². The lowest BCUT2D eigenvalue weighted by molar-refractivity contribution is 0.0690. The number of aromatic nitrogens is 2. The number of imidazole rings is 1. The van der Waals surface area contributed by atoms with Crippen molar-refractivity contribution < 1.29 is 9.90 Å². The predicted octanol–water partition coefficient (Wildman–Crippen LogP) is 2.09. The number of hydrogen-bond acceptors (Lipinski definition) is 2. The van der Waals surface area contributed by atoms with E-state index in [1.54, 1.807) is 6.92 Å². The van der Waals surface area contributed by atoms with Gasteiger partial charge in [-0.25, -0.2) is 9.78 Å². The van der Waals surface area contributed by atoms with E-state index in [1.165, 1.54) is 0 Å². The lowest BCUT2D eigenvalue weighted by atomic mass is 10.2. The monoisotopic (exact) mass is 194 g/mol. The van der Waals surface area contributed by atoms with Gasteiger partial charge in [0.1, 0.15) is 5.82 Å². The normalized spacial score (nSPS) is 10.1. The van der Waals surface area contributed by atoms with Crippen molar-refractivity contribution in [3.8, 4) is 0 Å². The van der Waals surface area contributed by atoms with Gasteiger partial charge in [-0.15, -0.1) is 0 Å². The minimum absolute atomic E-state index is 0.140. The molecule has 0 saturated carbocycles. The second-order valence-corrected chi connectivity index (χ2v) is 3.24. The minimum Gasteiger partial charge on any atom is -0.477 e. The lowest BCUT2D eigenvalue weighted by Crippen LogP contribution is -2.00. The van der Waals surface area contributed by atoms with Gasteiger partial charge in [0.05, 0.1) is 5.69 Å². The average molecular weight is 194 g/mol. The summed E-state index contributed by atoms with van der Waals surface area (Å²) in [5.74, 6) is -0.277. The van der Waals surface area contributed by atoms with Crippen LogP contribution in [0.1, 0.15) is 42.3 Å². The summed E-state index contributed by atoms with van der Waals surface area (Å²) in [6, 6.07) is 0. The SMILES string of the molecule is C=C(C)c1nc(CCC)[nH]c1C(=O)O. The molecule has 1 aromatic rings. The highest BCUT2D eigenvalue weighted by Gasteiger charge is 2.15. The van der Waals surface area contributed by atoms with Crippen LogP contribution in [0.2, 0.25) is 0 Å². The summed E-state index contributed by atoms with van der Waals surface area (Å²) in [6.07, 6.45) is 1.69. The number of H-pyrrole nitrogens is 1. The fraction of sp³-hybridized carbons (Fsp3) is 0.400. The van der Waals surface area contributed by atoms with Crippen LogP contribution in [-0.4, -0.2) is 21.0 Å². The zero-order chi connectivity index (χ0) is 10.7. The molecular formula is C10H14N2O2. The molecule has 1 heterocycles. The highest BCUT2D eigenvalue weighted by Crippen LogP contribution is 2.15. The van der Waals surface area contributed by atoms with Gasteiger partial charge in [0, 0.05) is 6.42 Å². The Hall–Kier alpha value is -1.58. The van der Waals surface area contributed by atoms with Crippen molar-refractivity contribution in [2.24, 2.45) is 0 Å². The van der Waals surface area contributed by atoms with E-state index in [4.69, 9.17) is 5.11 Å². The maximum atomic E-state index is 10.8. The Balaban J connectivity index is 3.12. The molecule has 1 aromatic heterocycles. The average Bonchev–Trinajstić information content (AvgIpc) is 2.49. The molecule has 0 fully saturated rings. The van der Waals surface area contributed by atoms with Gasteiger partial charge in [0.25, 0.3) is 0 Å². The number of hydrogen-bond donors (Lipinski definition) is 2. The van der Waals surface area contributed by atoms with E-state index in [0.717, 1.165) is 12.8 Å². The first-order valence-electron chi connectivity index (χ1n) is 4.54. The van der Waals surface area contributed by atoms with Crippen LogP contribution in [0.4, 0.5) is 0 Å². The Morgan fingerprint density at radius 1 is 1.64 bits per heavy atom. The molecule has 2 N–H and O–H groups in total. The van der Waals surface area contributed by atoms with Gasteiger partial charge in [-0.2, -0.15) is 0 Å². The Bertz CT molecular complexity index is 335. The van der Waals surface area contributed by atoms with Gasteiger partial charge in [-0.1, -0.05) is 13.5 Å². The second kappa shape index (κ2) is 4.09. The molecule has 14 heavy (non-hydrogen) atoms. The Kier molecular flexibility index (Phi) is 3.06. The molecule has 0 amide bonds. The second-order valence-electron chi connectivity index (χ2n) is 3.24. The number of nitrogens with one attached hydrogen (secondary N) is 1. The number of carbonyl (C=O) groups is 1. The van der Waals surface area contributed by atoms with Gasteiger partial charge < -0.3 is 10.1 Å². The summed E-state index contributed by atoms with van der Waals surface area (Å²) in [6.45, 7) is 7.46. The first-order valence-corrected chi connectivity index (χ1v) is 4.54. The fourth-order valence-electron chi connectivity index (χ4n) is 1.24. The molecule has 0 aliphatic rings. The highest BCUT2D eigenvalue weighted by atomic mass is 16.4. The summed E-state index contributed by atoms with van der Waals surface area (Å²) in [4.78, 5) is 17.8. The number of carboxylic acid groups (broad SMARTS) is 1. The number of carboxylic acids is 1. The quantitative estimate of drug-likeness (QED) is 0.771. The van der Waals surface area contributed by atoms with E-state index < -0.39 is 5.97 Å². The molecule has 0 radical (unpaired) electrons. The number of aromatic amines is 1. The molecule has 0 aliphatic heterocycles. The summed E-state index contributed by atoms with van der Waals surface area (Å²) >= 11 is 0. The zero-order valence-corrected chi connectivity index (χ0v) is 8.42. The van der Waals surface area contributed by atoms with Crippen molar-refractivity contribution in [3.63, 3.8) is 0 Å². The molecule has 76 valence electrons. The van der Waals surface area contributed by atoms with Crippen molar-refractivity contribution in [1.82, 2.24) is 9.97 Å². The molecule has 4 heteroatoms. The van der Waals surface area contributed by atoms with Crippen molar-refractivity contribution in [1.29, 1.82) is 0 Å². The third-order valence-electron chi connectivity index (χ3n) is 1.86. The van der Waals surface area contributed by atoms with Gasteiger partial charge in [0.15, 0.2) is 5.69 Å². The molecule has 0 unspecified atom stereocenters. The van der Waals surface area contributed by atoms with Gasteiger partial charge in [-0.05, 0) is 18.9 Å². The molecule has 0 bridgehead atoms. The number of nitrogens with zero attached hydrogens (tertiary/aromatic N) is 1. The van der Waals surface area contributed by atoms with Crippen LogP contribution in [0, 0.1) is 0 Å². The van der Waals surface area contributed by atoms with E-state index in [2.05, 4.69) is 16.5 Å². The maximum Gasteiger partial charge on any atom is 0.354 e. The molecule has 0 aliphatic carbocycles. The number of rotatable bonds is 4. The molecular weight excluding hydrogens is 180 g/mol. The maximum absolute atomic E-state index is 10.8. The van der Waals surface area contributed by atoms with Crippen molar-refractivity contribution in [2.45, 2.75) is 26.7 Å². The minimum atomic E-state index is -0.988. The zero-order valence-electron chi connectivity index (χ0n) is 8.42. The summed E-state index contributed by atoms with van der Waals surface area (Å²) in [5, 5.41) is 8.88. The van der Waals surface area contributed by atoms with Crippen LogP contribution < -0.4 is 0 Å². The molecule has 0 aromatic carbocycles. The topological polar surface area (TPSA) is 66.0 Å². The third-order valence-corrected chi connectivity index (χ3v) is 1.86. The van der Waals surface area contributed by atoms with Crippen molar-refractivity contribution in [3.05, 3.63) is 23.8 Å². The van der Waals surface area contributed by atoms with Gasteiger partial charge >= 0.3 is 5.97 Å². The van der Waals surface area contributed by atoms with E-state index in [9.17, 15) is 4.79 Å². The largest absolute Gasteiger partial charge is 0.477 e. The standard InChI is InChI=1S/C10H14N2O2/c1-4-5-7-11-8(6(2)3)9(12-7)10(13)14/h2,4-5H2,1,3H3,(H,11,12)(H,13,14). The first-order chi connectivity index (χ1) is 6.56. The van der Waals surface area contributed by atoms with Crippen LogP contribution in [-0.2, 0) is 6.42 Å². The van der Waals surface area contributed by atoms with Gasteiger partial charge in [-0.3, -0.25) is 0 Å². The van der Waals surface area contributed by atoms with E-state index in [-0.39, 0.29) is 5.69 Å². The number of aromatic carboxylic acids is 1. The van der Waals surface area contributed by atoms with E-state index in [0.29, 0.717) is 17.1 Å². The first kappa shape index (κ1) is 10.5. The fourth-order valence-corrected chi connectivity index (χ4v) is 1.24. The summed E-state index contributed by atoms with van der Waals surface area (Å²) in [5.41, 5.74) is 1.27. The van der Waals surface area contributed by atoms with Crippen LogP contribution in [0.5, 0.6) is 0 Å². The van der Waals surface area contributed by atoms with Crippen LogP contribution >= 0.6 is 0 Å². The number of aryl methyl sites for hydroxylation is 1. The van der Waals surface area contributed by atoms with Crippen molar-refractivity contribution >= 4 is 11.5 Å². The Labute approximate surface area is 82.7 Å². The van der Waals surface area contributed by atoms with Crippen LogP contribution in [0.15, 0.2) is 6.58 Å². The third kappa shape index (κ3) is 2.02. The van der Waals surface area contributed by atoms with E-state index >= 15 is 0 Å². The Morgan fingerprint density at radius 3 is 2.64 bits per heavy atom. The molecule has 0 atom stereocenters. The highest BCUT2D eigenvalue weighted by molar-refractivity contribution is 5.90. The number of allylic oxidation sites excluding steroid dienone is 1. The molecule has 0 spiro atoms. The smallest absolute Gasteiger partial charge is 0.354 e. The van der Waals surface area contributed by atoms with E-state index in [1.807, 2.05) is 6.92 Å². The molecule has 4 nitrogen and oxygen atoms in total. The van der Waals surface area contributed by atoms with Crippen LogP contribution in [0.3, 0.4) is 0 Å². The molecule has 1 rings (SSSR count). The molecule has 0 saturated heterocycles. The lowest BCUT2D eigenvalue weighted by Gasteiger charge is -1.93. The van der Waals surface area contributed by atoms with Crippen molar-refractivity contribution in [2.75, 3.05) is 0 Å². The van der Waals surface area contributed by atoms with Crippen LogP contribution in [0.25, 0.3) is 5.57 Å². The predicted molar refractivity (Wildman–Crippen MR) is 54.3 cm³/mol. The summed E-state index contributed by atoms with van der Waals surface area (Å²) in [7, 11) is 0. The summed E-state index contributed by atoms with van der Waals surface area (Å²) < 4.78 is 0. The Morgan fingerprint density at radius 2 is 2.29 bits per heavy atom.